The number of unbranched alkanes of at least 4 members (excludes halogenated alkanes) is 19. The van der Waals surface area contributed by atoms with Gasteiger partial charge in [0.15, 0.2) is 12.4 Å². The molecule has 1 aliphatic heterocycles. The van der Waals surface area contributed by atoms with Crippen molar-refractivity contribution >= 4 is 11.9 Å². The molecule has 0 radical (unpaired) electrons. The van der Waals surface area contributed by atoms with Gasteiger partial charge in [-0.05, 0) is 38.5 Å². The van der Waals surface area contributed by atoms with Crippen LogP contribution < -0.4 is 0 Å². The van der Waals surface area contributed by atoms with E-state index in [-0.39, 0.29) is 32.0 Å². The van der Waals surface area contributed by atoms with Crippen LogP contribution in [0.4, 0.5) is 0 Å². The summed E-state index contributed by atoms with van der Waals surface area (Å²) in [7, 11) is 0. The monoisotopic (exact) mass is 701 g/mol. The Morgan fingerprint density at radius 2 is 1.08 bits per heavy atom. The lowest BCUT2D eigenvalue weighted by Gasteiger charge is -2.39. The zero-order chi connectivity index (χ0) is 36.0. The fourth-order valence-corrected chi connectivity index (χ4v) is 5.95. The van der Waals surface area contributed by atoms with Crippen LogP contribution in [0.25, 0.3) is 0 Å². The average Bonchev–Trinajstić information content (AvgIpc) is 3.10. The van der Waals surface area contributed by atoms with E-state index in [0.717, 1.165) is 57.8 Å². The van der Waals surface area contributed by atoms with Gasteiger partial charge in [0.2, 0.25) is 0 Å². The maximum atomic E-state index is 12.7. The SMILES string of the molecule is CCCCCC/C=C\CCCCCCCC(=O)OC[C@H](COC1OC(CO)C(O)C(O)C1O)OC(=O)CCCCCCCCCCCCC. The number of carbonyl (C=O) groups excluding carboxylic acids is 2. The van der Waals surface area contributed by atoms with Crippen LogP contribution in [0.3, 0.4) is 0 Å². The van der Waals surface area contributed by atoms with Gasteiger partial charge < -0.3 is 39.4 Å². The summed E-state index contributed by atoms with van der Waals surface area (Å²) >= 11 is 0. The predicted molar refractivity (Wildman–Crippen MR) is 192 cm³/mol. The van der Waals surface area contributed by atoms with E-state index in [9.17, 15) is 30.0 Å². The lowest BCUT2D eigenvalue weighted by Crippen LogP contribution is -2.59. The zero-order valence-electron chi connectivity index (χ0n) is 30.9. The highest BCUT2D eigenvalue weighted by Gasteiger charge is 2.44. The highest BCUT2D eigenvalue weighted by Crippen LogP contribution is 2.22. The fraction of sp³-hybridized carbons (Fsp3) is 0.897. The van der Waals surface area contributed by atoms with Crippen LogP contribution in [-0.4, -0.2) is 89.0 Å². The largest absolute Gasteiger partial charge is 0.462 e. The minimum atomic E-state index is -1.59. The van der Waals surface area contributed by atoms with Gasteiger partial charge in [-0.15, -0.1) is 0 Å². The molecular weight excluding hydrogens is 628 g/mol. The molecule has 0 amide bonds. The van der Waals surface area contributed by atoms with Crippen molar-refractivity contribution in [3.05, 3.63) is 12.2 Å². The molecule has 10 heteroatoms. The topological polar surface area (TPSA) is 152 Å². The number of aliphatic hydroxyl groups is 4. The molecule has 0 aromatic carbocycles. The molecule has 0 aromatic heterocycles. The Morgan fingerprint density at radius 1 is 0.612 bits per heavy atom. The second-order valence-corrected chi connectivity index (χ2v) is 13.7. The van der Waals surface area contributed by atoms with E-state index in [2.05, 4.69) is 26.0 Å². The van der Waals surface area contributed by atoms with Gasteiger partial charge in [0.05, 0.1) is 13.2 Å². The third kappa shape index (κ3) is 23.5. The molecule has 6 atom stereocenters. The molecule has 1 rings (SSSR count). The lowest BCUT2D eigenvalue weighted by molar-refractivity contribution is -0.305. The first-order valence-electron chi connectivity index (χ1n) is 19.8. The average molecular weight is 701 g/mol. The van der Waals surface area contributed by atoms with E-state index >= 15 is 0 Å². The Bertz CT molecular complexity index is 820. The van der Waals surface area contributed by atoms with Crippen LogP contribution in [0, 0.1) is 0 Å². The van der Waals surface area contributed by atoms with Gasteiger partial charge in [0, 0.05) is 12.8 Å². The van der Waals surface area contributed by atoms with Crippen LogP contribution in [-0.2, 0) is 28.5 Å². The number of hydrogen-bond donors (Lipinski definition) is 4. The molecule has 4 N–H and O–H groups in total. The van der Waals surface area contributed by atoms with E-state index < -0.39 is 49.4 Å². The number of allylic oxidation sites excluding steroid dienone is 2. The molecule has 1 saturated heterocycles. The van der Waals surface area contributed by atoms with Crippen LogP contribution >= 0.6 is 0 Å². The van der Waals surface area contributed by atoms with E-state index in [0.29, 0.717) is 6.42 Å². The van der Waals surface area contributed by atoms with Crippen molar-refractivity contribution in [2.45, 2.75) is 205 Å². The third-order valence-electron chi connectivity index (χ3n) is 9.15. The van der Waals surface area contributed by atoms with E-state index in [1.165, 1.54) is 77.0 Å². The third-order valence-corrected chi connectivity index (χ3v) is 9.15. The molecule has 0 saturated carbocycles. The number of aliphatic hydroxyl groups excluding tert-OH is 4. The first-order valence-corrected chi connectivity index (χ1v) is 19.8. The quantitative estimate of drug-likeness (QED) is 0.0322. The molecule has 5 unspecified atom stereocenters. The predicted octanol–water partition coefficient (Wildman–Crippen LogP) is 7.22. The lowest BCUT2D eigenvalue weighted by atomic mass is 9.99. The summed E-state index contributed by atoms with van der Waals surface area (Å²) in [6, 6.07) is 0. The molecule has 0 bridgehead atoms. The maximum absolute atomic E-state index is 12.7. The standard InChI is InChI=1S/C39H72O10/c1-3-5-7-9-11-13-15-16-18-19-21-23-25-27-34(41)46-30-32(31-47-39-38(45)37(44)36(43)33(29-40)49-39)48-35(42)28-26-24-22-20-17-14-12-10-8-6-4-2/h13,15,32-33,36-40,43-45H,3-12,14,16-31H2,1-2H3/b15-13-/t32-,33?,36?,37?,38?,39?/m1/s1. The second kappa shape index (κ2) is 31.2. The summed E-state index contributed by atoms with van der Waals surface area (Å²) in [6.45, 7) is 3.38. The number of ether oxygens (including phenoxy) is 4. The molecule has 1 aliphatic rings. The van der Waals surface area contributed by atoms with Crippen molar-refractivity contribution in [1.82, 2.24) is 0 Å². The first-order chi connectivity index (χ1) is 23.8. The Morgan fingerprint density at radius 3 is 1.61 bits per heavy atom. The summed E-state index contributed by atoms with van der Waals surface area (Å²) in [5.74, 6) is -0.814. The highest BCUT2D eigenvalue weighted by molar-refractivity contribution is 5.70. The summed E-state index contributed by atoms with van der Waals surface area (Å²) < 4.78 is 22.0. The fourth-order valence-electron chi connectivity index (χ4n) is 5.95. The number of hydrogen-bond acceptors (Lipinski definition) is 10. The van der Waals surface area contributed by atoms with Crippen molar-refractivity contribution in [1.29, 1.82) is 0 Å². The van der Waals surface area contributed by atoms with Crippen molar-refractivity contribution in [3.63, 3.8) is 0 Å². The molecule has 0 aromatic rings. The van der Waals surface area contributed by atoms with Gasteiger partial charge in [-0.1, -0.05) is 129 Å². The van der Waals surface area contributed by atoms with Gasteiger partial charge in [0.25, 0.3) is 0 Å². The number of carbonyl (C=O) groups is 2. The second-order valence-electron chi connectivity index (χ2n) is 13.7. The Kier molecular flexibility index (Phi) is 28.9. The summed E-state index contributed by atoms with van der Waals surface area (Å²) in [5.41, 5.74) is 0. The smallest absolute Gasteiger partial charge is 0.306 e. The van der Waals surface area contributed by atoms with Crippen LogP contribution in [0.2, 0.25) is 0 Å². The minimum Gasteiger partial charge on any atom is -0.462 e. The highest BCUT2D eigenvalue weighted by atomic mass is 16.7. The van der Waals surface area contributed by atoms with Gasteiger partial charge in [-0.2, -0.15) is 0 Å². The molecular formula is C39H72O10. The molecule has 288 valence electrons. The van der Waals surface area contributed by atoms with Gasteiger partial charge >= 0.3 is 11.9 Å². The first kappa shape index (κ1) is 45.5. The van der Waals surface area contributed by atoms with Crippen molar-refractivity contribution in [2.75, 3.05) is 19.8 Å². The molecule has 1 heterocycles. The summed E-state index contributed by atoms with van der Waals surface area (Å²) in [4.78, 5) is 25.1. The zero-order valence-corrected chi connectivity index (χ0v) is 30.9. The van der Waals surface area contributed by atoms with Crippen molar-refractivity contribution in [3.8, 4) is 0 Å². The molecule has 1 fully saturated rings. The summed E-state index contributed by atoms with van der Waals surface area (Å²) in [6.07, 6.45) is 22.2. The molecule has 49 heavy (non-hydrogen) atoms. The van der Waals surface area contributed by atoms with E-state index in [1.54, 1.807) is 0 Å². The van der Waals surface area contributed by atoms with Gasteiger partial charge in [-0.3, -0.25) is 9.59 Å². The molecule has 0 spiro atoms. The van der Waals surface area contributed by atoms with E-state index in [1.807, 2.05) is 0 Å². The van der Waals surface area contributed by atoms with Crippen molar-refractivity contribution in [2.24, 2.45) is 0 Å². The van der Waals surface area contributed by atoms with E-state index in [4.69, 9.17) is 18.9 Å². The number of rotatable bonds is 32. The Labute approximate surface area is 297 Å². The molecule has 10 nitrogen and oxygen atoms in total. The number of esters is 2. The van der Waals surface area contributed by atoms with Crippen LogP contribution in [0.1, 0.15) is 168 Å². The van der Waals surface area contributed by atoms with Gasteiger partial charge in [0.1, 0.15) is 31.0 Å². The Balaban J connectivity index is 2.39. The Hall–Kier alpha value is -1.56. The molecule has 0 aliphatic carbocycles. The summed E-state index contributed by atoms with van der Waals surface area (Å²) in [5, 5.41) is 39.9. The van der Waals surface area contributed by atoms with Crippen LogP contribution in [0.15, 0.2) is 12.2 Å². The van der Waals surface area contributed by atoms with Crippen LogP contribution in [0.5, 0.6) is 0 Å². The van der Waals surface area contributed by atoms with Gasteiger partial charge in [-0.25, -0.2) is 0 Å². The van der Waals surface area contributed by atoms with Crippen molar-refractivity contribution < 1.29 is 49.0 Å². The minimum absolute atomic E-state index is 0.217. The maximum Gasteiger partial charge on any atom is 0.306 e. The normalized spacial score (nSPS) is 21.6.